The lowest BCUT2D eigenvalue weighted by Gasteiger charge is -2.17. The Morgan fingerprint density at radius 3 is 2.74 bits per heavy atom. The molecular formula is C15H21FN2O. The van der Waals surface area contributed by atoms with Crippen LogP contribution in [-0.4, -0.2) is 18.5 Å². The highest BCUT2D eigenvalue weighted by atomic mass is 19.1. The molecule has 0 unspecified atom stereocenters. The molecule has 1 aromatic carbocycles. The maximum absolute atomic E-state index is 13.6. The van der Waals surface area contributed by atoms with Crippen LogP contribution in [0.1, 0.15) is 44.2 Å². The average molecular weight is 264 g/mol. The molecule has 0 aliphatic heterocycles. The van der Waals surface area contributed by atoms with Gasteiger partial charge in [-0.2, -0.15) is 0 Å². The molecule has 104 valence electrons. The smallest absolute Gasteiger partial charge is 0.234 e. The minimum absolute atomic E-state index is 0.0809. The maximum Gasteiger partial charge on any atom is 0.234 e. The highest BCUT2D eigenvalue weighted by Gasteiger charge is 2.17. The summed E-state index contributed by atoms with van der Waals surface area (Å²) in [6.45, 7) is 2.11. The van der Waals surface area contributed by atoms with E-state index in [1.807, 2.05) is 0 Å². The van der Waals surface area contributed by atoms with Crippen molar-refractivity contribution in [3.8, 4) is 0 Å². The van der Waals surface area contributed by atoms with Crippen molar-refractivity contribution in [3.63, 3.8) is 0 Å². The zero-order chi connectivity index (χ0) is 13.7. The molecule has 1 aliphatic carbocycles. The van der Waals surface area contributed by atoms with E-state index in [2.05, 4.69) is 10.6 Å². The summed E-state index contributed by atoms with van der Waals surface area (Å²) in [6.07, 6.45) is 4.78. The van der Waals surface area contributed by atoms with Gasteiger partial charge in [-0.1, -0.05) is 31.0 Å². The van der Waals surface area contributed by atoms with Gasteiger partial charge in [-0.05, 0) is 25.8 Å². The standard InChI is InChI=1S/C15H21FN2O/c1-11(13-8-4-5-9-14(13)16)18-15(19)10-17-12-6-2-3-7-12/h4-5,8-9,11-12,17H,2-3,6-7,10H2,1H3,(H,18,19)/t11-/m1/s1. The van der Waals surface area contributed by atoms with Gasteiger partial charge < -0.3 is 10.6 Å². The van der Waals surface area contributed by atoms with Crippen molar-refractivity contribution < 1.29 is 9.18 Å². The van der Waals surface area contributed by atoms with Gasteiger partial charge in [-0.3, -0.25) is 4.79 Å². The number of rotatable bonds is 5. The number of carbonyl (C=O) groups is 1. The molecule has 1 atom stereocenters. The van der Waals surface area contributed by atoms with E-state index in [1.54, 1.807) is 25.1 Å². The molecule has 1 aliphatic rings. The minimum atomic E-state index is -0.306. The lowest BCUT2D eigenvalue weighted by Crippen LogP contribution is -2.39. The second kappa shape index (κ2) is 6.66. The molecule has 1 amide bonds. The number of hydrogen-bond donors (Lipinski definition) is 2. The predicted octanol–water partition coefficient (Wildman–Crippen LogP) is 2.54. The zero-order valence-electron chi connectivity index (χ0n) is 11.3. The third-order valence-electron chi connectivity index (χ3n) is 3.66. The van der Waals surface area contributed by atoms with E-state index >= 15 is 0 Å². The topological polar surface area (TPSA) is 41.1 Å². The van der Waals surface area contributed by atoms with E-state index in [4.69, 9.17) is 0 Å². The molecule has 19 heavy (non-hydrogen) atoms. The molecule has 0 spiro atoms. The van der Waals surface area contributed by atoms with Crippen molar-refractivity contribution in [3.05, 3.63) is 35.6 Å². The summed E-state index contributed by atoms with van der Waals surface area (Å²) in [4.78, 5) is 11.8. The van der Waals surface area contributed by atoms with Gasteiger partial charge in [-0.15, -0.1) is 0 Å². The zero-order valence-corrected chi connectivity index (χ0v) is 11.3. The molecule has 0 heterocycles. The largest absolute Gasteiger partial charge is 0.348 e. The fraction of sp³-hybridized carbons (Fsp3) is 0.533. The van der Waals surface area contributed by atoms with Gasteiger partial charge in [0.15, 0.2) is 0 Å². The molecular weight excluding hydrogens is 243 g/mol. The van der Waals surface area contributed by atoms with Crippen LogP contribution < -0.4 is 10.6 Å². The lowest BCUT2D eigenvalue weighted by atomic mass is 10.1. The summed E-state index contributed by atoms with van der Waals surface area (Å²) in [5, 5.41) is 6.07. The van der Waals surface area contributed by atoms with E-state index in [-0.39, 0.29) is 17.8 Å². The molecule has 4 heteroatoms. The Morgan fingerprint density at radius 1 is 1.37 bits per heavy atom. The highest BCUT2D eigenvalue weighted by molar-refractivity contribution is 5.78. The monoisotopic (exact) mass is 264 g/mol. The molecule has 0 radical (unpaired) electrons. The molecule has 2 rings (SSSR count). The van der Waals surface area contributed by atoms with Gasteiger partial charge in [-0.25, -0.2) is 4.39 Å². The molecule has 0 saturated heterocycles. The normalized spacial score (nSPS) is 17.4. The molecule has 3 nitrogen and oxygen atoms in total. The Kier molecular flexibility index (Phi) is 4.91. The van der Waals surface area contributed by atoms with E-state index in [1.165, 1.54) is 18.9 Å². The number of carbonyl (C=O) groups excluding carboxylic acids is 1. The van der Waals surface area contributed by atoms with Gasteiger partial charge in [0.2, 0.25) is 5.91 Å². The van der Waals surface area contributed by atoms with Gasteiger partial charge in [0.1, 0.15) is 5.82 Å². The van der Waals surface area contributed by atoms with Crippen LogP contribution in [0.4, 0.5) is 4.39 Å². The molecule has 1 saturated carbocycles. The summed E-state index contributed by atoms with van der Waals surface area (Å²) < 4.78 is 13.6. The fourth-order valence-corrected chi connectivity index (χ4v) is 2.56. The molecule has 1 aromatic rings. The van der Waals surface area contributed by atoms with Crippen LogP contribution in [0.2, 0.25) is 0 Å². The third kappa shape index (κ3) is 4.03. The summed E-state index contributed by atoms with van der Waals surface area (Å²) in [5.74, 6) is -0.360. The van der Waals surface area contributed by atoms with Gasteiger partial charge in [0, 0.05) is 11.6 Å². The fourth-order valence-electron chi connectivity index (χ4n) is 2.56. The van der Waals surface area contributed by atoms with Crippen molar-refractivity contribution in [2.75, 3.05) is 6.54 Å². The van der Waals surface area contributed by atoms with Crippen LogP contribution in [0.25, 0.3) is 0 Å². The van der Waals surface area contributed by atoms with Crippen molar-refractivity contribution >= 4 is 5.91 Å². The Hall–Kier alpha value is -1.42. The van der Waals surface area contributed by atoms with Crippen molar-refractivity contribution in [1.29, 1.82) is 0 Å². The van der Waals surface area contributed by atoms with E-state index in [0.717, 1.165) is 12.8 Å². The SMILES string of the molecule is C[C@@H](NC(=O)CNC1CCCC1)c1ccccc1F. The summed E-state index contributed by atoms with van der Waals surface area (Å²) in [7, 11) is 0. The van der Waals surface area contributed by atoms with Crippen molar-refractivity contribution in [1.82, 2.24) is 10.6 Å². The van der Waals surface area contributed by atoms with Crippen molar-refractivity contribution in [2.45, 2.75) is 44.7 Å². The van der Waals surface area contributed by atoms with Crippen molar-refractivity contribution in [2.24, 2.45) is 0 Å². The van der Waals surface area contributed by atoms with Gasteiger partial charge in [0.25, 0.3) is 0 Å². The Labute approximate surface area is 113 Å². The first-order chi connectivity index (χ1) is 9.16. The maximum atomic E-state index is 13.6. The highest BCUT2D eigenvalue weighted by Crippen LogP contribution is 2.18. The number of benzene rings is 1. The predicted molar refractivity (Wildman–Crippen MR) is 73.2 cm³/mol. The van der Waals surface area contributed by atoms with E-state index < -0.39 is 0 Å². The van der Waals surface area contributed by atoms with Crippen LogP contribution >= 0.6 is 0 Å². The minimum Gasteiger partial charge on any atom is -0.348 e. The second-order valence-corrected chi connectivity index (χ2v) is 5.17. The number of hydrogen-bond acceptors (Lipinski definition) is 2. The quantitative estimate of drug-likeness (QED) is 0.858. The number of nitrogens with one attached hydrogen (secondary N) is 2. The molecule has 0 bridgehead atoms. The lowest BCUT2D eigenvalue weighted by molar-refractivity contribution is -0.121. The van der Waals surface area contributed by atoms with Gasteiger partial charge in [0.05, 0.1) is 12.6 Å². The van der Waals surface area contributed by atoms with Crippen LogP contribution in [0.5, 0.6) is 0 Å². The van der Waals surface area contributed by atoms with E-state index in [9.17, 15) is 9.18 Å². The second-order valence-electron chi connectivity index (χ2n) is 5.17. The Balaban J connectivity index is 1.79. The first kappa shape index (κ1) is 14.0. The first-order valence-electron chi connectivity index (χ1n) is 6.94. The summed E-state index contributed by atoms with van der Waals surface area (Å²) in [5.41, 5.74) is 0.525. The van der Waals surface area contributed by atoms with Crippen LogP contribution in [-0.2, 0) is 4.79 Å². The number of amides is 1. The first-order valence-corrected chi connectivity index (χ1v) is 6.94. The Bertz CT molecular complexity index is 430. The van der Waals surface area contributed by atoms with Crippen LogP contribution in [0.3, 0.4) is 0 Å². The van der Waals surface area contributed by atoms with Gasteiger partial charge >= 0.3 is 0 Å². The summed E-state index contributed by atoms with van der Waals surface area (Å²) >= 11 is 0. The summed E-state index contributed by atoms with van der Waals surface area (Å²) in [6, 6.07) is 6.69. The molecule has 0 aromatic heterocycles. The van der Waals surface area contributed by atoms with E-state index in [0.29, 0.717) is 18.2 Å². The average Bonchev–Trinajstić information content (AvgIpc) is 2.90. The number of halogens is 1. The Morgan fingerprint density at radius 2 is 2.05 bits per heavy atom. The molecule has 1 fully saturated rings. The van der Waals surface area contributed by atoms with Crippen LogP contribution in [0.15, 0.2) is 24.3 Å². The van der Waals surface area contributed by atoms with Crippen LogP contribution in [0, 0.1) is 5.82 Å². The molecule has 2 N–H and O–H groups in total. The third-order valence-corrected chi connectivity index (χ3v) is 3.66.